The predicted molar refractivity (Wildman–Crippen MR) is 68.9 cm³/mol. The first-order valence-electron chi connectivity index (χ1n) is 5.89. The minimum Gasteiger partial charge on any atom is -0.492 e. The molecule has 1 heterocycles. The van der Waals surface area contributed by atoms with E-state index in [0.717, 1.165) is 22.9 Å². The van der Waals surface area contributed by atoms with Gasteiger partial charge in [0.1, 0.15) is 12.4 Å². The number of aryl methyl sites for hydroxylation is 1. The zero-order chi connectivity index (χ0) is 12.3. The third kappa shape index (κ3) is 3.60. The van der Waals surface area contributed by atoms with E-state index in [4.69, 9.17) is 21.1 Å². The maximum Gasteiger partial charge on any atom is 0.119 e. The quantitative estimate of drug-likeness (QED) is 0.900. The van der Waals surface area contributed by atoms with Gasteiger partial charge in [-0.2, -0.15) is 0 Å². The minimum absolute atomic E-state index is 0.266. The molecule has 1 aromatic carbocycles. The Morgan fingerprint density at radius 2 is 2.35 bits per heavy atom. The highest BCUT2D eigenvalue weighted by molar-refractivity contribution is 6.31. The molecule has 94 valence electrons. The van der Waals surface area contributed by atoms with Gasteiger partial charge in [0.05, 0.1) is 18.8 Å². The Labute approximate surface area is 107 Å². The molecule has 1 fully saturated rings. The van der Waals surface area contributed by atoms with E-state index in [9.17, 15) is 0 Å². The standard InChI is InChI=1S/C13H18ClNO2/c1-9-5-12(3-4-13(9)14)17-8-11-7-16-10(2)6-15-11/h3-5,10-11,15H,6-8H2,1-2H3. The molecule has 0 aromatic heterocycles. The van der Waals surface area contributed by atoms with Crippen molar-refractivity contribution in [1.29, 1.82) is 0 Å². The van der Waals surface area contributed by atoms with Crippen molar-refractivity contribution in [1.82, 2.24) is 5.32 Å². The van der Waals surface area contributed by atoms with Crippen molar-refractivity contribution in [3.05, 3.63) is 28.8 Å². The molecule has 4 heteroatoms. The lowest BCUT2D eigenvalue weighted by Crippen LogP contribution is -2.48. The molecule has 2 rings (SSSR count). The van der Waals surface area contributed by atoms with Gasteiger partial charge in [-0.1, -0.05) is 11.6 Å². The summed E-state index contributed by atoms with van der Waals surface area (Å²) in [5, 5.41) is 4.16. The summed E-state index contributed by atoms with van der Waals surface area (Å²) in [5.41, 5.74) is 1.03. The fourth-order valence-electron chi connectivity index (χ4n) is 1.74. The highest BCUT2D eigenvalue weighted by Crippen LogP contribution is 2.21. The van der Waals surface area contributed by atoms with Gasteiger partial charge < -0.3 is 14.8 Å². The Hall–Kier alpha value is -0.770. The lowest BCUT2D eigenvalue weighted by atomic mass is 10.2. The van der Waals surface area contributed by atoms with Crippen LogP contribution < -0.4 is 10.1 Å². The number of hydrogen-bond acceptors (Lipinski definition) is 3. The molecule has 0 saturated carbocycles. The Morgan fingerprint density at radius 3 is 3.00 bits per heavy atom. The second-order valence-electron chi connectivity index (χ2n) is 4.47. The second kappa shape index (κ2) is 5.71. The van der Waals surface area contributed by atoms with Crippen LogP contribution in [0.25, 0.3) is 0 Å². The summed E-state index contributed by atoms with van der Waals surface area (Å²) in [6.45, 7) is 6.24. The molecule has 0 spiro atoms. The average molecular weight is 256 g/mol. The molecular weight excluding hydrogens is 238 g/mol. The van der Waals surface area contributed by atoms with Crippen LogP contribution in [0.2, 0.25) is 5.02 Å². The van der Waals surface area contributed by atoms with Crippen LogP contribution in [0.5, 0.6) is 5.75 Å². The summed E-state index contributed by atoms with van der Waals surface area (Å²) in [7, 11) is 0. The third-order valence-electron chi connectivity index (χ3n) is 2.86. The summed E-state index contributed by atoms with van der Waals surface area (Å²) in [6.07, 6.45) is 0.295. The van der Waals surface area contributed by atoms with E-state index >= 15 is 0 Å². The molecule has 0 bridgehead atoms. The Morgan fingerprint density at radius 1 is 1.53 bits per heavy atom. The van der Waals surface area contributed by atoms with Gasteiger partial charge in [0.15, 0.2) is 0 Å². The maximum absolute atomic E-state index is 5.96. The van der Waals surface area contributed by atoms with Crippen molar-refractivity contribution >= 4 is 11.6 Å². The van der Waals surface area contributed by atoms with E-state index in [0.29, 0.717) is 19.3 Å². The van der Waals surface area contributed by atoms with Gasteiger partial charge in [0, 0.05) is 11.6 Å². The molecular formula is C13H18ClNO2. The lowest BCUT2D eigenvalue weighted by Gasteiger charge is -2.28. The highest BCUT2D eigenvalue weighted by Gasteiger charge is 2.18. The Kier molecular flexibility index (Phi) is 4.26. The SMILES string of the molecule is Cc1cc(OCC2COC(C)CN2)ccc1Cl. The zero-order valence-electron chi connectivity index (χ0n) is 10.2. The van der Waals surface area contributed by atoms with Crippen LogP contribution in [-0.4, -0.2) is 31.9 Å². The van der Waals surface area contributed by atoms with E-state index in [2.05, 4.69) is 12.2 Å². The largest absolute Gasteiger partial charge is 0.492 e. The van der Waals surface area contributed by atoms with Gasteiger partial charge in [-0.25, -0.2) is 0 Å². The number of rotatable bonds is 3. The first-order valence-corrected chi connectivity index (χ1v) is 6.27. The van der Waals surface area contributed by atoms with Crippen LogP contribution >= 0.6 is 11.6 Å². The van der Waals surface area contributed by atoms with Crippen molar-refractivity contribution in [2.24, 2.45) is 0 Å². The number of halogens is 1. The molecule has 0 amide bonds. The van der Waals surface area contributed by atoms with E-state index in [1.165, 1.54) is 0 Å². The summed E-state index contributed by atoms with van der Waals surface area (Å²) in [5.74, 6) is 0.854. The van der Waals surface area contributed by atoms with Crippen molar-refractivity contribution in [3.8, 4) is 5.75 Å². The van der Waals surface area contributed by atoms with Crippen LogP contribution in [0.4, 0.5) is 0 Å². The minimum atomic E-state index is 0.266. The van der Waals surface area contributed by atoms with Gasteiger partial charge in [0.2, 0.25) is 0 Å². The lowest BCUT2D eigenvalue weighted by molar-refractivity contribution is 0.00456. The molecule has 1 aromatic rings. The Balaban J connectivity index is 1.83. The van der Waals surface area contributed by atoms with Crippen LogP contribution in [0.3, 0.4) is 0 Å². The molecule has 17 heavy (non-hydrogen) atoms. The fourth-order valence-corrected chi connectivity index (χ4v) is 1.86. The highest BCUT2D eigenvalue weighted by atomic mass is 35.5. The van der Waals surface area contributed by atoms with Crippen molar-refractivity contribution in [2.45, 2.75) is 26.0 Å². The maximum atomic E-state index is 5.96. The molecule has 1 saturated heterocycles. The van der Waals surface area contributed by atoms with E-state index in [-0.39, 0.29) is 6.04 Å². The van der Waals surface area contributed by atoms with Crippen molar-refractivity contribution < 1.29 is 9.47 Å². The van der Waals surface area contributed by atoms with E-state index in [1.807, 2.05) is 25.1 Å². The normalized spacial score (nSPS) is 24.6. The van der Waals surface area contributed by atoms with Gasteiger partial charge in [-0.05, 0) is 37.6 Å². The van der Waals surface area contributed by atoms with Gasteiger partial charge in [-0.15, -0.1) is 0 Å². The first kappa shape index (κ1) is 12.7. The van der Waals surface area contributed by atoms with Crippen LogP contribution in [0.1, 0.15) is 12.5 Å². The number of nitrogens with one attached hydrogen (secondary N) is 1. The van der Waals surface area contributed by atoms with Crippen LogP contribution in [0, 0.1) is 6.92 Å². The molecule has 2 unspecified atom stereocenters. The van der Waals surface area contributed by atoms with Crippen molar-refractivity contribution in [3.63, 3.8) is 0 Å². The average Bonchev–Trinajstić information content (AvgIpc) is 2.33. The summed E-state index contributed by atoms with van der Waals surface area (Å²) in [4.78, 5) is 0. The Bertz CT molecular complexity index is 376. The third-order valence-corrected chi connectivity index (χ3v) is 3.28. The van der Waals surface area contributed by atoms with E-state index < -0.39 is 0 Å². The second-order valence-corrected chi connectivity index (χ2v) is 4.88. The predicted octanol–water partition coefficient (Wildman–Crippen LogP) is 2.40. The number of hydrogen-bond donors (Lipinski definition) is 1. The number of morpholine rings is 1. The van der Waals surface area contributed by atoms with Crippen LogP contribution in [0.15, 0.2) is 18.2 Å². The van der Waals surface area contributed by atoms with Crippen molar-refractivity contribution in [2.75, 3.05) is 19.8 Å². The number of ether oxygens (including phenoxy) is 2. The molecule has 2 atom stereocenters. The molecule has 1 aliphatic heterocycles. The summed E-state index contributed by atoms with van der Waals surface area (Å²) in [6, 6.07) is 5.97. The molecule has 0 aliphatic carbocycles. The number of benzene rings is 1. The van der Waals surface area contributed by atoms with Gasteiger partial charge in [-0.3, -0.25) is 0 Å². The molecule has 1 aliphatic rings. The van der Waals surface area contributed by atoms with E-state index in [1.54, 1.807) is 0 Å². The molecule has 3 nitrogen and oxygen atoms in total. The van der Waals surface area contributed by atoms with Gasteiger partial charge >= 0.3 is 0 Å². The zero-order valence-corrected chi connectivity index (χ0v) is 11.0. The van der Waals surface area contributed by atoms with Gasteiger partial charge in [0.25, 0.3) is 0 Å². The molecule has 0 radical (unpaired) electrons. The fraction of sp³-hybridized carbons (Fsp3) is 0.538. The topological polar surface area (TPSA) is 30.5 Å². The summed E-state index contributed by atoms with van der Waals surface area (Å²) < 4.78 is 11.3. The first-order chi connectivity index (χ1) is 8.15. The van der Waals surface area contributed by atoms with Crippen LogP contribution in [-0.2, 0) is 4.74 Å². The monoisotopic (exact) mass is 255 g/mol. The summed E-state index contributed by atoms with van der Waals surface area (Å²) >= 11 is 5.96. The smallest absolute Gasteiger partial charge is 0.119 e. The molecule has 1 N–H and O–H groups in total.